The summed E-state index contributed by atoms with van der Waals surface area (Å²) in [5, 5.41) is 10.2. The predicted molar refractivity (Wildman–Crippen MR) is 193 cm³/mol. The Morgan fingerprint density at radius 2 is 1.07 bits per heavy atom. The van der Waals surface area contributed by atoms with Crippen LogP contribution in [0.1, 0.15) is 0 Å². The van der Waals surface area contributed by atoms with Crippen LogP contribution in [0.4, 0.5) is 0 Å². The van der Waals surface area contributed by atoms with Gasteiger partial charge in [-0.2, -0.15) is 0 Å². The molecule has 0 spiro atoms. The van der Waals surface area contributed by atoms with Gasteiger partial charge in [0.1, 0.15) is 5.65 Å². The maximum absolute atomic E-state index is 4.85. The van der Waals surface area contributed by atoms with Crippen LogP contribution in [-0.2, 0) is 0 Å². The monoisotopic (exact) mass is 585 g/mol. The SMILES string of the molecule is c1ccc(-n2c3ccccc3c3c4ccccc4c4cc(-c5ccc(-c6cn7ccccc7n6)cc5)c5ccccc5c4c32)cc1. The molecule has 0 amide bonds. The molecule has 3 heterocycles. The van der Waals surface area contributed by atoms with E-state index in [2.05, 4.69) is 149 Å². The number of rotatable bonds is 3. The first-order valence-corrected chi connectivity index (χ1v) is 15.7. The molecular weight excluding hydrogens is 558 g/mol. The number of hydrogen-bond acceptors (Lipinski definition) is 1. The van der Waals surface area contributed by atoms with Gasteiger partial charge in [-0.15, -0.1) is 0 Å². The van der Waals surface area contributed by atoms with Crippen molar-refractivity contribution in [3.8, 4) is 28.1 Å². The first kappa shape index (κ1) is 25.2. The van der Waals surface area contributed by atoms with Crippen molar-refractivity contribution >= 4 is 59.8 Å². The standard InChI is InChI=1S/C43H27N3/c1-2-12-30(13-3-1)46-39-19-9-8-18-35(39)41-34-17-7-5-15-32(34)37-26-36(31-14-4-6-16-33(31)42(37)43(41)46)28-21-23-29(24-22-28)38-27-45-25-11-10-20-40(45)44-38/h1-27H. The summed E-state index contributed by atoms with van der Waals surface area (Å²) >= 11 is 0. The van der Waals surface area contributed by atoms with Gasteiger partial charge in [-0.05, 0) is 74.5 Å². The molecule has 0 aliphatic heterocycles. The quantitative estimate of drug-likeness (QED) is 0.189. The van der Waals surface area contributed by atoms with E-state index in [0.717, 1.165) is 16.9 Å². The molecular formula is C43H27N3. The molecule has 0 radical (unpaired) electrons. The molecule has 0 N–H and O–H groups in total. The molecule has 3 aromatic heterocycles. The number of pyridine rings is 1. The zero-order chi connectivity index (χ0) is 30.2. The second-order valence-corrected chi connectivity index (χ2v) is 12.0. The first-order valence-electron chi connectivity index (χ1n) is 15.7. The third-order valence-corrected chi connectivity index (χ3v) is 9.51. The van der Waals surface area contributed by atoms with Crippen LogP contribution < -0.4 is 0 Å². The van der Waals surface area contributed by atoms with E-state index < -0.39 is 0 Å². The van der Waals surface area contributed by atoms with Gasteiger partial charge in [0.25, 0.3) is 0 Å². The molecule has 3 nitrogen and oxygen atoms in total. The highest BCUT2D eigenvalue weighted by molar-refractivity contribution is 6.37. The van der Waals surface area contributed by atoms with E-state index in [1.165, 1.54) is 70.9 Å². The average molecular weight is 586 g/mol. The van der Waals surface area contributed by atoms with Crippen LogP contribution in [0.2, 0.25) is 0 Å². The highest BCUT2D eigenvalue weighted by Crippen LogP contribution is 2.46. The van der Waals surface area contributed by atoms with Gasteiger partial charge in [0.15, 0.2) is 0 Å². The van der Waals surface area contributed by atoms with E-state index in [1.54, 1.807) is 0 Å². The Hall–Kier alpha value is -6.19. The highest BCUT2D eigenvalue weighted by Gasteiger charge is 2.21. The zero-order valence-electron chi connectivity index (χ0n) is 24.9. The zero-order valence-corrected chi connectivity index (χ0v) is 24.9. The van der Waals surface area contributed by atoms with Crippen molar-refractivity contribution in [1.82, 2.24) is 14.0 Å². The minimum atomic E-state index is 0.952. The van der Waals surface area contributed by atoms with E-state index in [-0.39, 0.29) is 0 Å². The minimum Gasteiger partial charge on any atom is -0.309 e. The molecule has 46 heavy (non-hydrogen) atoms. The van der Waals surface area contributed by atoms with Crippen molar-refractivity contribution in [2.45, 2.75) is 0 Å². The molecule has 0 saturated heterocycles. The van der Waals surface area contributed by atoms with Gasteiger partial charge >= 0.3 is 0 Å². The Morgan fingerprint density at radius 1 is 0.457 bits per heavy atom. The molecule has 10 aromatic rings. The van der Waals surface area contributed by atoms with Gasteiger partial charge in [0, 0.05) is 39.8 Å². The molecule has 0 atom stereocenters. The fraction of sp³-hybridized carbons (Fsp3) is 0. The van der Waals surface area contributed by atoms with Crippen molar-refractivity contribution in [1.29, 1.82) is 0 Å². The molecule has 0 saturated carbocycles. The number of hydrogen-bond donors (Lipinski definition) is 0. The molecule has 0 fully saturated rings. The third-order valence-electron chi connectivity index (χ3n) is 9.51. The Morgan fingerprint density at radius 3 is 1.85 bits per heavy atom. The Balaban J connectivity index is 1.31. The van der Waals surface area contributed by atoms with Gasteiger partial charge in [0.2, 0.25) is 0 Å². The third kappa shape index (κ3) is 3.57. The lowest BCUT2D eigenvalue weighted by atomic mass is 9.88. The fourth-order valence-corrected chi connectivity index (χ4v) is 7.51. The van der Waals surface area contributed by atoms with E-state index in [1.807, 2.05) is 24.4 Å². The summed E-state index contributed by atoms with van der Waals surface area (Å²) in [6.45, 7) is 0. The maximum Gasteiger partial charge on any atom is 0.137 e. The van der Waals surface area contributed by atoms with Crippen LogP contribution in [0, 0.1) is 0 Å². The van der Waals surface area contributed by atoms with Gasteiger partial charge in [-0.1, -0.05) is 115 Å². The summed E-state index contributed by atoms with van der Waals surface area (Å²) in [5.74, 6) is 0. The number of para-hydroxylation sites is 2. The molecule has 0 unspecified atom stereocenters. The topological polar surface area (TPSA) is 22.2 Å². The minimum absolute atomic E-state index is 0.952. The maximum atomic E-state index is 4.85. The molecule has 0 aliphatic carbocycles. The van der Waals surface area contributed by atoms with Crippen LogP contribution in [0.5, 0.6) is 0 Å². The largest absolute Gasteiger partial charge is 0.309 e. The molecule has 10 rings (SSSR count). The average Bonchev–Trinajstić information content (AvgIpc) is 3.72. The van der Waals surface area contributed by atoms with Crippen LogP contribution in [-0.4, -0.2) is 14.0 Å². The van der Waals surface area contributed by atoms with Crippen molar-refractivity contribution in [2.24, 2.45) is 0 Å². The van der Waals surface area contributed by atoms with E-state index >= 15 is 0 Å². The number of imidazole rings is 1. The van der Waals surface area contributed by atoms with Crippen LogP contribution in [0.25, 0.3) is 87.8 Å². The van der Waals surface area contributed by atoms with Gasteiger partial charge in [-0.25, -0.2) is 4.98 Å². The lowest BCUT2D eigenvalue weighted by molar-refractivity contribution is 1.19. The smallest absolute Gasteiger partial charge is 0.137 e. The molecule has 214 valence electrons. The summed E-state index contributed by atoms with van der Waals surface area (Å²) in [7, 11) is 0. The van der Waals surface area contributed by atoms with Crippen LogP contribution in [0.15, 0.2) is 164 Å². The van der Waals surface area contributed by atoms with Crippen molar-refractivity contribution < 1.29 is 0 Å². The number of benzene rings is 7. The van der Waals surface area contributed by atoms with Crippen molar-refractivity contribution in [3.63, 3.8) is 0 Å². The van der Waals surface area contributed by atoms with Gasteiger partial charge in [0.05, 0.1) is 16.7 Å². The Bertz CT molecular complexity index is 2750. The van der Waals surface area contributed by atoms with Crippen LogP contribution >= 0.6 is 0 Å². The van der Waals surface area contributed by atoms with E-state index in [0.29, 0.717) is 0 Å². The summed E-state index contributed by atoms with van der Waals surface area (Å²) in [5.41, 5.74) is 9.10. The summed E-state index contributed by atoms with van der Waals surface area (Å²) < 4.78 is 4.54. The predicted octanol–water partition coefficient (Wildman–Crippen LogP) is 11.2. The lowest BCUT2D eigenvalue weighted by Gasteiger charge is -2.17. The second-order valence-electron chi connectivity index (χ2n) is 12.0. The summed E-state index contributed by atoms with van der Waals surface area (Å²) in [4.78, 5) is 4.85. The number of nitrogens with zero attached hydrogens (tertiary/aromatic N) is 3. The van der Waals surface area contributed by atoms with Gasteiger partial charge in [-0.3, -0.25) is 0 Å². The van der Waals surface area contributed by atoms with E-state index in [4.69, 9.17) is 4.98 Å². The molecule has 7 aromatic carbocycles. The summed E-state index contributed by atoms with van der Waals surface area (Å²) in [6.07, 6.45) is 4.14. The molecule has 0 bridgehead atoms. The second kappa shape index (κ2) is 9.65. The lowest BCUT2D eigenvalue weighted by Crippen LogP contribution is -1.95. The Labute approximate surface area is 265 Å². The first-order chi connectivity index (χ1) is 22.8. The van der Waals surface area contributed by atoms with Crippen molar-refractivity contribution in [2.75, 3.05) is 0 Å². The number of aromatic nitrogens is 3. The molecule has 3 heteroatoms. The normalized spacial score (nSPS) is 11.9. The fourth-order valence-electron chi connectivity index (χ4n) is 7.51. The van der Waals surface area contributed by atoms with Crippen molar-refractivity contribution in [3.05, 3.63) is 164 Å². The summed E-state index contributed by atoms with van der Waals surface area (Å²) in [6, 6.07) is 54.9. The Kier molecular flexibility index (Phi) is 5.28. The molecule has 0 aliphatic rings. The van der Waals surface area contributed by atoms with E-state index in [9.17, 15) is 0 Å². The van der Waals surface area contributed by atoms with Gasteiger partial charge < -0.3 is 8.97 Å². The number of fused-ring (bicyclic) bond motifs is 11. The van der Waals surface area contributed by atoms with Crippen LogP contribution in [0.3, 0.4) is 0 Å². The highest BCUT2D eigenvalue weighted by atomic mass is 15.0.